The van der Waals surface area contributed by atoms with Crippen molar-refractivity contribution in [3.8, 4) is 0 Å². The van der Waals surface area contributed by atoms with Gasteiger partial charge in [-0.05, 0) is 31.2 Å². The van der Waals surface area contributed by atoms with Crippen LogP contribution in [0.25, 0.3) is 10.8 Å². The lowest BCUT2D eigenvalue weighted by molar-refractivity contribution is -0.000630. The van der Waals surface area contributed by atoms with Gasteiger partial charge in [-0.3, -0.25) is 0 Å². The van der Waals surface area contributed by atoms with Gasteiger partial charge in [-0.2, -0.15) is 0 Å². The van der Waals surface area contributed by atoms with Crippen molar-refractivity contribution >= 4 is 22.5 Å². The summed E-state index contributed by atoms with van der Waals surface area (Å²) < 4.78 is 0. The molecule has 0 bridgehead atoms. The second-order valence-electron chi connectivity index (χ2n) is 5.98. The lowest BCUT2D eigenvalue weighted by atomic mass is 9.95. The average Bonchev–Trinajstić information content (AvgIpc) is 2.46. The van der Waals surface area contributed by atoms with Crippen LogP contribution >= 0.6 is 0 Å². The number of amides is 2. The largest absolute Gasteiger partial charge is 0.388 e. The molecule has 2 aromatic carbocycles. The number of carbonyl (C=O) groups excluding carboxylic acids is 1. The van der Waals surface area contributed by atoms with Crippen LogP contribution in [0, 0.1) is 0 Å². The van der Waals surface area contributed by atoms with Crippen molar-refractivity contribution in [3.05, 3.63) is 42.5 Å². The molecule has 2 N–H and O–H groups in total. The normalized spacial score (nSPS) is 22.3. The quantitative estimate of drug-likeness (QED) is 0.844. The number of piperidine rings is 1. The zero-order valence-corrected chi connectivity index (χ0v) is 12.2. The summed E-state index contributed by atoms with van der Waals surface area (Å²) in [7, 11) is 0. The van der Waals surface area contributed by atoms with E-state index in [4.69, 9.17) is 0 Å². The number of carbonyl (C=O) groups is 1. The summed E-state index contributed by atoms with van der Waals surface area (Å²) in [5, 5.41) is 15.2. The summed E-state index contributed by atoms with van der Waals surface area (Å²) in [6, 6.07) is 13.7. The molecule has 1 saturated heterocycles. The number of rotatable bonds is 1. The predicted octanol–water partition coefficient (Wildman–Crippen LogP) is 3.22. The standard InChI is InChI=1S/C17H20N2O2/c1-17(21)10-5-11-19(12-17)16(20)18-15-9-4-7-13-6-2-3-8-14(13)15/h2-4,6-9,21H,5,10-12H2,1H3,(H,18,20). The highest BCUT2D eigenvalue weighted by atomic mass is 16.3. The molecule has 1 unspecified atom stereocenters. The molecule has 1 aliphatic rings. The average molecular weight is 284 g/mol. The molecule has 0 spiro atoms. The first-order valence-electron chi connectivity index (χ1n) is 7.31. The van der Waals surface area contributed by atoms with Crippen molar-refractivity contribution in [2.24, 2.45) is 0 Å². The molecule has 110 valence electrons. The first-order valence-corrected chi connectivity index (χ1v) is 7.31. The van der Waals surface area contributed by atoms with Gasteiger partial charge in [0.25, 0.3) is 0 Å². The minimum atomic E-state index is -0.783. The SMILES string of the molecule is CC1(O)CCCN(C(=O)Nc2cccc3ccccc23)C1. The zero-order chi connectivity index (χ0) is 14.9. The number of nitrogens with one attached hydrogen (secondary N) is 1. The second-order valence-corrected chi connectivity index (χ2v) is 5.98. The monoisotopic (exact) mass is 284 g/mol. The van der Waals surface area contributed by atoms with Crippen molar-refractivity contribution in [2.75, 3.05) is 18.4 Å². The number of likely N-dealkylation sites (tertiary alicyclic amines) is 1. The van der Waals surface area contributed by atoms with Crippen LogP contribution in [0.4, 0.5) is 10.5 Å². The van der Waals surface area contributed by atoms with E-state index in [-0.39, 0.29) is 6.03 Å². The fraction of sp³-hybridized carbons (Fsp3) is 0.353. The molecule has 0 aromatic heterocycles. The highest BCUT2D eigenvalue weighted by molar-refractivity contribution is 6.01. The van der Waals surface area contributed by atoms with E-state index in [0.717, 1.165) is 29.3 Å². The molecule has 1 heterocycles. The maximum Gasteiger partial charge on any atom is 0.321 e. The topological polar surface area (TPSA) is 52.6 Å². The molecule has 1 aliphatic heterocycles. The third-order valence-corrected chi connectivity index (χ3v) is 3.99. The second kappa shape index (κ2) is 5.37. The fourth-order valence-corrected chi connectivity index (χ4v) is 2.92. The summed E-state index contributed by atoms with van der Waals surface area (Å²) >= 11 is 0. The smallest absolute Gasteiger partial charge is 0.321 e. The molecule has 1 fully saturated rings. The number of hydrogen-bond acceptors (Lipinski definition) is 2. The number of benzene rings is 2. The first-order chi connectivity index (χ1) is 10.1. The number of urea groups is 1. The molecule has 0 saturated carbocycles. The third kappa shape index (κ3) is 3.00. The number of β-amino-alcohol motifs (C(OH)–C–C–N with tert-alkyl or cyclic N) is 1. The van der Waals surface area contributed by atoms with Crippen LogP contribution in [0.2, 0.25) is 0 Å². The van der Waals surface area contributed by atoms with E-state index >= 15 is 0 Å². The number of nitrogens with zero attached hydrogens (tertiary/aromatic N) is 1. The van der Waals surface area contributed by atoms with Gasteiger partial charge >= 0.3 is 6.03 Å². The zero-order valence-electron chi connectivity index (χ0n) is 12.2. The van der Waals surface area contributed by atoms with E-state index in [2.05, 4.69) is 5.32 Å². The maximum atomic E-state index is 12.4. The van der Waals surface area contributed by atoms with Crippen molar-refractivity contribution in [2.45, 2.75) is 25.4 Å². The van der Waals surface area contributed by atoms with Crippen LogP contribution in [0.5, 0.6) is 0 Å². The summed E-state index contributed by atoms with van der Waals surface area (Å²) in [6.45, 7) is 2.85. The lowest BCUT2D eigenvalue weighted by Gasteiger charge is -2.36. The molecular weight excluding hydrogens is 264 g/mol. The van der Waals surface area contributed by atoms with Crippen molar-refractivity contribution in [3.63, 3.8) is 0 Å². The molecule has 0 radical (unpaired) electrons. The maximum absolute atomic E-state index is 12.4. The Morgan fingerprint density at radius 1 is 1.24 bits per heavy atom. The van der Waals surface area contributed by atoms with Gasteiger partial charge in [-0.1, -0.05) is 36.4 Å². The van der Waals surface area contributed by atoms with Crippen LogP contribution in [-0.2, 0) is 0 Å². The molecule has 3 rings (SSSR count). The van der Waals surface area contributed by atoms with Gasteiger partial charge < -0.3 is 15.3 Å². The van der Waals surface area contributed by atoms with E-state index in [1.807, 2.05) is 42.5 Å². The van der Waals surface area contributed by atoms with Gasteiger partial charge in [0.1, 0.15) is 0 Å². The molecular formula is C17H20N2O2. The lowest BCUT2D eigenvalue weighted by Crippen LogP contribution is -2.49. The van der Waals surface area contributed by atoms with E-state index in [0.29, 0.717) is 13.1 Å². The summed E-state index contributed by atoms with van der Waals surface area (Å²) in [4.78, 5) is 14.1. The predicted molar refractivity (Wildman–Crippen MR) is 84.4 cm³/mol. The van der Waals surface area contributed by atoms with Crippen LogP contribution in [0.3, 0.4) is 0 Å². The van der Waals surface area contributed by atoms with E-state index in [9.17, 15) is 9.90 Å². The first kappa shape index (κ1) is 13.9. The molecule has 2 amide bonds. The van der Waals surface area contributed by atoms with Crippen molar-refractivity contribution in [1.82, 2.24) is 4.90 Å². The molecule has 0 aliphatic carbocycles. The van der Waals surface area contributed by atoms with Crippen LogP contribution in [0.1, 0.15) is 19.8 Å². The van der Waals surface area contributed by atoms with Gasteiger partial charge in [0, 0.05) is 11.9 Å². The van der Waals surface area contributed by atoms with Gasteiger partial charge in [0.2, 0.25) is 0 Å². The van der Waals surface area contributed by atoms with E-state index in [1.165, 1.54) is 0 Å². The Kier molecular flexibility index (Phi) is 3.55. The fourth-order valence-electron chi connectivity index (χ4n) is 2.92. The summed E-state index contributed by atoms with van der Waals surface area (Å²) in [6.07, 6.45) is 1.57. The Balaban J connectivity index is 1.80. The Morgan fingerprint density at radius 3 is 2.81 bits per heavy atom. The van der Waals surface area contributed by atoms with E-state index < -0.39 is 5.60 Å². The Labute approximate surface area is 124 Å². The van der Waals surface area contributed by atoms with Crippen LogP contribution in [-0.4, -0.2) is 34.7 Å². The molecule has 2 aromatic rings. The van der Waals surface area contributed by atoms with Gasteiger partial charge in [-0.15, -0.1) is 0 Å². The van der Waals surface area contributed by atoms with Crippen LogP contribution in [0.15, 0.2) is 42.5 Å². The minimum absolute atomic E-state index is 0.147. The van der Waals surface area contributed by atoms with Gasteiger partial charge in [0.15, 0.2) is 0 Å². The van der Waals surface area contributed by atoms with Crippen LogP contribution < -0.4 is 5.32 Å². The molecule has 4 nitrogen and oxygen atoms in total. The molecule has 21 heavy (non-hydrogen) atoms. The highest BCUT2D eigenvalue weighted by Crippen LogP contribution is 2.25. The number of anilines is 1. The van der Waals surface area contributed by atoms with Gasteiger partial charge in [0.05, 0.1) is 17.8 Å². The molecule has 4 heteroatoms. The minimum Gasteiger partial charge on any atom is -0.388 e. The molecule has 1 atom stereocenters. The van der Waals surface area contributed by atoms with Gasteiger partial charge in [-0.25, -0.2) is 4.79 Å². The number of fused-ring (bicyclic) bond motifs is 1. The third-order valence-electron chi connectivity index (χ3n) is 3.99. The Morgan fingerprint density at radius 2 is 2.00 bits per heavy atom. The van der Waals surface area contributed by atoms with E-state index in [1.54, 1.807) is 11.8 Å². The summed E-state index contributed by atoms with van der Waals surface area (Å²) in [5.74, 6) is 0. The number of hydrogen-bond donors (Lipinski definition) is 2. The van der Waals surface area contributed by atoms with Crippen molar-refractivity contribution in [1.29, 1.82) is 0 Å². The Hall–Kier alpha value is -2.07. The summed E-state index contributed by atoms with van der Waals surface area (Å²) in [5.41, 5.74) is 0.0252. The Bertz CT molecular complexity index is 661. The van der Waals surface area contributed by atoms with Crippen molar-refractivity contribution < 1.29 is 9.90 Å². The number of aliphatic hydroxyl groups is 1. The highest BCUT2D eigenvalue weighted by Gasteiger charge is 2.30.